The summed E-state index contributed by atoms with van der Waals surface area (Å²) in [4.78, 5) is 15.0. The third-order valence-corrected chi connectivity index (χ3v) is 2.00. The van der Waals surface area contributed by atoms with Gasteiger partial charge < -0.3 is 9.30 Å². The zero-order valence-electron chi connectivity index (χ0n) is 9.15. The minimum atomic E-state index is -0.280. The van der Waals surface area contributed by atoms with Crippen LogP contribution in [0.1, 0.15) is 13.8 Å². The number of hydrogen-bond acceptors (Lipinski definition) is 2. The van der Waals surface area contributed by atoms with Crippen molar-refractivity contribution < 1.29 is 4.74 Å². The van der Waals surface area contributed by atoms with Crippen LogP contribution < -0.4 is 10.3 Å². The van der Waals surface area contributed by atoms with E-state index in [1.807, 2.05) is 13.8 Å². The third kappa shape index (κ3) is 2.38. The van der Waals surface area contributed by atoms with Crippen molar-refractivity contribution in [2.24, 2.45) is 5.92 Å². The number of hydrogen-bond donors (Lipinski definition) is 0. The Morgan fingerprint density at radius 3 is 2.73 bits per heavy atom. The Balaban J connectivity index is 3.25. The summed E-state index contributed by atoms with van der Waals surface area (Å²) >= 11 is 0. The van der Waals surface area contributed by atoms with Gasteiger partial charge in [-0.15, -0.1) is 0 Å². The summed E-state index contributed by atoms with van der Waals surface area (Å²) in [7, 11) is 1.45. The van der Waals surface area contributed by atoms with E-state index in [4.69, 9.17) is 11.3 Å². The summed E-state index contributed by atoms with van der Waals surface area (Å²) < 4.78 is 6.49. The van der Waals surface area contributed by atoms with E-state index in [0.717, 1.165) is 0 Å². The monoisotopic (exact) mass is 206 g/mol. The molecule has 4 heteroatoms. The van der Waals surface area contributed by atoms with Gasteiger partial charge in [0, 0.05) is 12.7 Å². The van der Waals surface area contributed by atoms with Crippen molar-refractivity contribution in [1.82, 2.24) is 4.57 Å². The van der Waals surface area contributed by atoms with E-state index in [1.54, 1.807) is 16.8 Å². The second-order valence-electron chi connectivity index (χ2n) is 3.70. The zero-order chi connectivity index (χ0) is 11.4. The number of rotatable bonds is 3. The molecule has 1 heterocycles. The topological polar surface area (TPSA) is 35.6 Å². The van der Waals surface area contributed by atoms with Gasteiger partial charge in [0.1, 0.15) is 5.75 Å². The average molecular weight is 206 g/mol. The molecule has 0 aliphatic heterocycles. The molecule has 0 N–H and O–H groups in total. The van der Waals surface area contributed by atoms with Crippen molar-refractivity contribution in [2.75, 3.05) is 7.11 Å². The molecule has 1 rings (SSSR count). The van der Waals surface area contributed by atoms with Gasteiger partial charge >= 0.3 is 0 Å². The number of pyridine rings is 1. The van der Waals surface area contributed by atoms with E-state index < -0.39 is 0 Å². The molecule has 0 amide bonds. The van der Waals surface area contributed by atoms with Crippen LogP contribution in [-0.2, 0) is 6.54 Å². The van der Waals surface area contributed by atoms with Crippen LogP contribution in [0, 0.1) is 12.5 Å². The first-order chi connectivity index (χ1) is 7.10. The van der Waals surface area contributed by atoms with Gasteiger partial charge in [-0.05, 0) is 12.0 Å². The predicted molar refractivity (Wildman–Crippen MR) is 58.4 cm³/mol. The third-order valence-electron chi connectivity index (χ3n) is 2.00. The molecule has 0 unspecified atom stereocenters. The minimum absolute atomic E-state index is 0.0562. The van der Waals surface area contributed by atoms with E-state index in [9.17, 15) is 4.79 Å². The zero-order valence-corrected chi connectivity index (χ0v) is 9.15. The lowest BCUT2D eigenvalue weighted by molar-refractivity contribution is 0.413. The Bertz CT molecular complexity index is 441. The van der Waals surface area contributed by atoms with Crippen molar-refractivity contribution in [2.45, 2.75) is 20.4 Å². The van der Waals surface area contributed by atoms with Gasteiger partial charge in [0.15, 0.2) is 0 Å². The highest BCUT2D eigenvalue weighted by Gasteiger charge is 2.10. The van der Waals surface area contributed by atoms with Crippen LogP contribution in [0.5, 0.6) is 5.75 Å². The average Bonchev–Trinajstić information content (AvgIpc) is 2.20. The summed E-state index contributed by atoms with van der Waals surface area (Å²) in [5, 5.41) is 0. The maximum atomic E-state index is 11.8. The maximum Gasteiger partial charge on any atom is 0.291 e. The van der Waals surface area contributed by atoms with Crippen molar-refractivity contribution in [3.05, 3.63) is 34.0 Å². The van der Waals surface area contributed by atoms with Gasteiger partial charge in [0.05, 0.1) is 13.7 Å². The highest BCUT2D eigenvalue weighted by atomic mass is 16.5. The smallest absolute Gasteiger partial charge is 0.291 e. The van der Waals surface area contributed by atoms with E-state index in [0.29, 0.717) is 18.2 Å². The van der Waals surface area contributed by atoms with Crippen molar-refractivity contribution in [3.63, 3.8) is 0 Å². The van der Waals surface area contributed by atoms with Crippen molar-refractivity contribution in [1.29, 1.82) is 0 Å². The van der Waals surface area contributed by atoms with Gasteiger partial charge in [-0.25, -0.2) is 4.85 Å². The van der Waals surface area contributed by atoms with Gasteiger partial charge in [0.2, 0.25) is 0 Å². The van der Waals surface area contributed by atoms with Gasteiger partial charge in [-0.2, -0.15) is 0 Å². The van der Waals surface area contributed by atoms with Gasteiger partial charge in [0.25, 0.3) is 11.2 Å². The fraction of sp³-hybridized carbons (Fsp3) is 0.455. The molecule has 0 bridgehead atoms. The second-order valence-corrected chi connectivity index (χ2v) is 3.70. The fourth-order valence-corrected chi connectivity index (χ4v) is 1.35. The van der Waals surface area contributed by atoms with Crippen LogP contribution in [0.25, 0.3) is 4.85 Å². The van der Waals surface area contributed by atoms with Crippen molar-refractivity contribution in [3.8, 4) is 5.75 Å². The molecule has 0 aliphatic rings. The molecule has 80 valence electrons. The lowest BCUT2D eigenvalue weighted by atomic mass is 10.2. The molecule has 0 saturated carbocycles. The Kier molecular flexibility index (Phi) is 3.51. The largest absolute Gasteiger partial charge is 0.508 e. The predicted octanol–water partition coefficient (Wildman–Crippen LogP) is 2.06. The molecule has 1 aromatic heterocycles. The molecule has 1 aromatic rings. The number of nitrogens with zero attached hydrogens (tertiary/aromatic N) is 2. The summed E-state index contributed by atoms with van der Waals surface area (Å²) in [6.45, 7) is 11.6. The molecule has 15 heavy (non-hydrogen) atoms. The molecule has 0 atom stereocenters. The minimum Gasteiger partial charge on any atom is -0.508 e. The number of methoxy groups -OCH3 is 1. The van der Waals surface area contributed by atoms with Crippen LogP contribution in [0.3, 0.4) is 0 Å². The van der Waals surface area contributed by atoms with Gasteiger partial charge in [-0.3, -0.25) is 4.79 Å². The van der Waals surface area contributed by atoms with Crippen molar-refractivity contribution >= 4 is 5.69 Å². The van der Waals surface area contributed by atoms with E-state index in [1.165, 1.54) is 7.11 Å². The first-order valence-corrected chi connectivity index (χ1v) is 4.75. The van der Waals surface area contributed by atoms with Gasteiger partial charge in [-0.1, -0.05) is 13.8 Å². The molecule has 0 fully saturated rings. The lowest BCUT2D eigenvalue weighted by Gasteiger charge is -2.10. The summed E-state index contributed by atoms with van der Waals surface area (Å²) in [6, 6.07) is 1.65. The summed E-state index contributed by atoms with van der Waals surface area (Å²) in [5.41, 5.74) is -0.223. The van der Waals surface area contributed by atoms with Crippen LogP contribution >= 0.6 is 0 Å². The molecular formula is C11H14N2O2. The molecule has 0 aliphatic carbocycles. The molecule has 0 aromatic carbocycles. The summed E-state index contributed by atoms with van der Waals surface area (Å²) in [5.74, 6) is 0.713. The quantitative estimate of drug-likeness (QED) is 0.710. The van der Waals surface area contributed by atoms with Crippen LogP contribution in [0.2, 0.25) is 0 Å². The molecule has 0 saturated heterocycles. The standard InChI is InChI=1S/C11H14N2O2/c1-8(2)7-13-6-5-9(15-4)10(12-3)11(13)14/h5-6,8H,7H2,1-2,4H3. The molecule has 0 spiro atoms. The highest BCUT2D eigenvalue weighted by Crippen LogP contribution is 2.21. The lowest BCUT2D eigenvalue weighted by Crippen LogP contribution is -2.21. The highest BCUT2D eigenvalue weighted by molar-refractivity contribution is 5.55. The number of aromatic nitrogens is 1. The Labute approximate surface area is 88.9 Å². The second kappa shape index (κ2) is 4.65. The van der Waals surface area contributed by atoms with Crippen LogP contribution in [-0.4, -0.2) is 11.7 Å². The Morgan fingerprint density at radius 1 is 1.60 bits per heavy atom. The molecule has 0 radical (unpaired) electrons. The Morgan fingerprint density at radius 2 is 2.27 bits per heavy atom. The first kappa shape index (κ1) is 11.3. The van der Waals surface area contributed by atoms with E-state index in [-0.39, 0.29) is 11.2 Å². The number of ether oxygens (including phenoxy) is 1. The van der Waals surface area contributed by atoms with Crippen LogP contribution in [0.15, 0.2) is 17.1 Å². The van der Waals surface area contributed by atoms with E-state index >= 15 is 0 Å². The normalized spacial score (nSPS) is 10.1. The molecule has 4 nitrogen and oxygen atoms in total. The maximum absolute atomic E-state index is 11.8. The Hall–Kier alpha value is -1.76. The molecular weight excluding hydrogens is 192 g/mol. The SMILES string of the molecule is [C-]#[N+]c1c(OC)ccn(CC(C)C)c1=O. The fourth-order valence-electron chi connectivity index (χ4n) is 1.35. The van der Waals surface area contributed by atoms with Crippen LogP contribution in [0.4, 0.5) is 5.69 Å². The first-order valence-electron chi connectivity index (χ1n) is 4.75. The van der Waals surface area contributed by atoms with E-state index in [2.05, 4.69) is 4.85 Å². The summed E-state index contributed by atoms with van der Waals surface area (Å²) in [6.07, 6.45) is 1.66.